The molecule has 0 unspecified atom stereocenters. The van der Waals surface area contributed by atoms with E-state index in [1.54, 1.807) is 11.3 Å². The second kappa shape index (κ2) is 6.66. The first kappa shape index (κ1) is 15.8. The molecule has 0 saturated carbocycles. The van der Waals surface area contributed by atoms with Crippen molar-refractivity contribution < 1.29 is 9.53 Å². The molecule has 2 fully saturated rings. The molecule has 2 aromatic heterocycles. The number of morpholine rings is 1. The van der Waals surface area contributed by atoms with Gasteiger partial charge in [0.05, 0.1) is 30.5 Å². The second-order valence-corrected chi connectivity index (χ2v) is 7.31. The Labute approximate surface area is 145 Å². The molecule has 4 heterocycles. The monoisotopic (exact) mass is 346 g/mol. The molecule has 0 bridgehead atoms. The zero-order chi connectivity index (χ0) is 16.5. The van der Waals surface area contributed by atoms with E-state index in [0.29, 0.717) is 13.2 Å². The minimum atomic E-state index is 0.136. The van der Waals surface area contributed by atoms with Gasteiger partial charge in [0.15, 0.2) is 0 Å². The highest BCUT2D eigenvalue weighted by molar-refractivity contribution is 7.08. The Morgan fingerprint density at radius 2 is 2.38 bits per heavy atom. The maximum atomic E-state index is 12.8. The lowest BCUT2D eigenvalue weighted by atomic mass is 9.97. The predicted molar refractivity (Wildman–Crippen MR) is 92.0 cm³/mol. The van der Waals surface area contributed by atoms with Crippen LogP contribution >= 0.6 is 11.3 Å². The fraction of sp³-hybridized carbons (Fsp3) is 0.529. The van der Waals surface area contributed by atoms with Crippen molar-refractivity contribution in [1.29, 1.82) is 0 Å². The van der Waals surface area contributed by atoms with Gasteiger partial charge >= 0.3 is 0 Å². The number of hydrogen-bond acceptors (Lipinski definition) is 5. The molecule has 2 saturated heterocycles. The number of nitrogens with zero attached hydrogens (tertiary/aromatic N) is 4. The lowest BCUT2D eigenvalue weighted by Gasteiger charge is -2.47. The molecule has 6 nitrogen and oxygen atoms in total. The quantitative estimate of drug-likeness (QED) is 0.847. The van der Waals surface area contributed by atoms with Gasteiger partial charge in [-0.3, -0.25) is 14.4 Å². The maximum absolute atomic E-state index is 12.8. The first-order valence-corrected chi connectivity index (χ1v) is 9.29. The van der Waals surface area contributed by atoms with Crippen molar-refractivity contribution in [2.75, 3.05) is 26.2 Å². The van der Waals surface area contributed by atoms with Crippen LogP contribution < -0.4 is 0 Å². The predicted octanol–water partition coefficient (Wildman–Crippen LogP) is 1.60. The average Bonchev–Trinajstić information content (AvgIpc) is 3.25. The molecule has 2 aromatic rings. The van der Waals surface area contributed by atoms with Crippen LogP contribution in [0.25, 0.3) is 0 Å². The highest BCUT2D eigenvalue weighted by Crippen LogP contribution is 2.26. The summed E-state index contributed by atoms with van der Waals surface area (Å²) in [6.07, 6.45) is 5.10. The molecule has 0 radical (unpaired) electrons. The molecule has 2 aliphatic heterocycles. The van der Waals surface area contributed by atoms with E-state index in [2.05, 4.69) is 16.2 Å². The van der Waals surface area contributed by atoms with Crippen molar-refractivity contribution >= 4 is 17.2 Å². The molecule has 0 aliphatic carbocycles. The zero-order valence-corrected chi connectivity index (χ0v) is 14.6. The summed E-state index contributed by atoms with van der Waals surface area (Å²) in [6, 6.07) is 2.05. The van der Waals surface area contributed by atoms with Crippen LogP contribution in [0.1, 0.15) is 22.3 Å². The maximum Gasteiger partial charge on any atom is 0.255 e. The number of aryl methyl sites for hydroxylation is 1. The van der Waals surface area contributed by atoms with Gasteiger partial charge in [-0.05, 0) is 17.9 Å². The van der Waals surface area contributed by atoms with Crippen LogP contribution in [0.15, 0.2) is 29.2 Å². The first-order valence-electron chi connectivity index (χ1n) is 8.35. The number of aromatic nitrogens is 2. The Balaban J connectivity index is 1.48. The highest BCUT2D eigenvalue weighted by Gasteiger charge is 2.39. The molecular formula is C17H22N4O2S. The topological polar surface area (TPSA) is 50.6 Å². The number of carbonyl (C=O) groups excluding carboxylic acids is 1. The van der Waals surface area contributed by atoms with Crippen LogP contribution in [0.2, 0.25) is 0 Å². The van der Waals surface area contributed by atoms with E-state index in [-0.39, 0.29) is 18.1 Å². The van der Waals surface area contributed by atoms with E-state index < -0.39 is 0 Å². The Bertz CT molecular complexity index is 699. The average molecular weight is 346 g/mol. The van der Waals surface area contributed by atoms with Crippen molar-refractivity contribution in [1.82, 2.24) is 19.6 Å². The van der Waals surface area contributed by atoms with E-state index in [9.17, 15) is 4.79 Å². The summed E-state index contributed by atoms with van der Waals surface area (Å²) >= 11 is 1.57. The van der Waals surface area contributed by atoms with Crippen LogP contribution in [-0.4, -0.2) is 63.9 Å². The van der Waals surface area contributed by atoms with Gasteiger partial charge in [-0.1, -0.05) is 0 Å². The molecule has 2 aliphatic rings. The van der Waals surface area contributed by atoms with Crippen LogP contribution in [0.3, 0.4) is 0 Å². The van der Waals surface area contributed by atoms with Crippen molar-refractivity contribution in [3.8, 4) is 0 Å². The summed E-state index contributed by atoms with van der Waals surface area (Å²) in [7, 11) is 1.94. The van der Waals surface area contributed by atoms with E-state index in [0.717, 1.165) is 31.6 Å². The largest absolute Gasteiger partial charge is 0.374 e. The summed E-state index contributed by atoms with van der Waals surface area (Å²) in [4.78, 5) is 17.3. The van der Waals surface area contributed by atoms with Gasteiger partial charge in [0, 0.05) is 50.4 Å². The molecular weight excluding hydrogens is 324 g/mol. The number of thiophene rings is 1. The summed E-state index contributed by atoms with van der Waals surface area (Å²) in [5.74, 6) is 0.137. The summed E-state index contributed by atoms with van der Waals surface area (Å²) in [5, 5.41) is 8.14. The molecule has 0 aromatic carbocycles. The van der Waals surface area contributed by atoms with Gasteiger partial charge in [-0.25, -0.2) is 0 Å². The minimum Gasteiger partial charge on any atom is -0.374 e. The Morgan fingerprint density at radius 1 is 1.46 bits per heavy atom. The lowest BCUT2D eigenvalue weighted by molar-refractivity contribution is -0.0914. The van der Waals surface area contributed by atoms with Gasteiger partial charge in [-0.15, -0.1) is 0 Å². The van der Waals surface area contributed by atoms with E-state index in [1.807, 2.05) is 39.7 Å². The number of piperidine rings is 1. The Kier molecular flexibility index (Phi) is 4.39. The van der Waals surface area contributed by atoms with Crippen molar-refractivity contribution in [3.63, 3.8) is 0 Å². The third-order valence-electron chi connectivity index (χ3n) is 4.86. The lowest BCUT2D eigenvalue weighted by Crippen LogP contribution is -2.61. The number of carbonyl (C=O) groups is 1. The van der Waals surface area contributed by atoms with Gasteiger partial charge in [0.25, 0.3) is 5.91 Å². The Hall–Kier alpha value is -1.70. The Morgan fingerprint density at radius 3 is 3.12 bits per heavy atom. The van der Waals surface area contributed by atoms with Crippen molar-refractivity contribution in [3.05, 3.63) is 40.3 Å². The van der Waals surface area contributed by atoms with Gasteiger partial charge in [0.1, 0.15) is 0 Å². The normalized spacial score (nSPS) is 24.8. The standard InChI is InChI=1S/C17H22N4O2S/c1-19-9-13(8-18-19)10-20-4-2-16-15(11-20)21(5-6-23-16)17(22)14-3-7-24-12-14/h3,7-9,12,15-16H,2,4-6,10-11H2,1H3/t15-,16-/m0/s1. The molecule has 128 valence electrons. The number of likely N-dealkylation sites (tertiary alicyclic amines) is 1. The highest BCUT2D eigenvalue weighted by atomic mass is 32.1. The number of hydrogen-bond donors (Lipinski definition) is 0. The van der Waals surface area contributed by atoms with E-state index >= 15 is 0 Å². The number of rotatable bonds is 3. The van der Waals surface area contributed by atoms with E-state index in [4.69, 9.17) is 4.74 Å². The second-order valence-electron chi connectivity index (χ2n) is 6.53. The molecule has 0 N–H and O–H groups in total. The molecule has 0 spiro atoms. The fourth-order valence-corrected chi connectivity index (χ4v) is 4.33. The number of amides is 1. The SMILES string of the molecule is Cn1cc(CN2CC[C@@H]3OCCN(C(=O)c4ccsc4)[C@H]3C2)cn1. The van der Waals surface area contributed by atoms with Crippen molar-refractivity contribution in [2.24, 2.45) is 7.05 Å². The summed E-state index contributed by atoms with van der Waals surface area (Å²) < 4.78 is 7.78. The van der Waals surface area contributed by atoms with Crippen LogP contribution in [0.4, 0.5) is 0 Å². The van der Waals surface area contributed by atoms with Crippen LogP contribution in [0, 0.1) is 0 Å². The molecule has 4 rings (SSSR count). The van der Waals surface area contributed by atoms with Crippen LogP contribution in [-0.2, 0) is 18.3 Å². The van der Waals surface area contributed by atoms with Crippen LogP contribution in [0.5, 0.6) is 0 Å². The first-order chi connectivity index (χ1) is 11.7. The molecule has 7 heteroatoms. The number of ether oxygens (including phenoxy) is 1. The third kappa shape index (κ3) is 3.11. The summed E-state index contributed by atoms with van der Waals surface area (Å²) in [6.45, 7) is 4.04. The van der Waals surface area contributed by atoms with Crippen molar-refractivity contribution in [2.45, 2.75) is 25.1 Å². The van der Waals surface area contributed by atoms with Gasteiger partial charge in [0.2, 0.25) is 0 Å². The molecule has 2 atom stereocenters. The fourth-order valence-electron chi connectivity index (χ4n) is 3.70. The molecule has 1 amide bonds. The molecule has 24 heavy (non-hydrogen) atoms. The smallest absolute Gasteiger partial charge is 0.255 e. The summed E-state index contributed by atoms with van der Waals surface area (Å²) in [5.41, 5.74) is 2.01. The minimum absolute atomic E-state index is 0.136. The number of fused-ring (bicyclic) bond motifs is 1. The van der Waals surface area contributed by atoms with Gasteiger partial charge < -0.3 is 9.64 Å². The zero-order valence-electron chi connectivity index (χ0n) is 13.8. The van der Waals surface area contributed by atoms with Gasteiger partial charge in [-0.2, -0.15) is 16.4 Å². The third-order valence-corrected chi connectivity index (χ3v) is 5.55. The van der Waals surface area contributed by atoms with E-state index in [1.165, 1.54) is 5.56 Å².